The lowest BCUT2D eigenvalue weighted by Crippen LogP contribution is -2.36. The first-order chi connectivity index (χ1) is 5.63. The van der Waals surface area contributed by atoms with Crippen LogP contribution >= 0.6 is 0 Å². The van der Waals surface area contributed by atoms with Gasteiger partial charge in [0.2, 0.25) is 0 Å². The van der Waals surface area contributed by atoms with E-state index in [1.807, 2.05) is 19.0 Å². The van der Waals surface area contributed by atoms with Gasteiger partial charge in [0.15, 0.2) is 0 Å². The van der Waals surface area contributed by atoms with Gasteiger partial charge in [0.1, 0.15) is 6.04 Å². The number of hydrogen-bond donors (Lipinski definition) is 0. The highest BCUT2D eigenvalue weighted by Gasteiger charge is 2.19. The molecule has 0 aromatic rings. The van der Waals surface area contributed by atoms with Gasteiger partial charge in [0.05, 0.1) is 6.61 Å². The first-order valence-corrected chi connectivity index (χ1v) is 4.07. The minimum Gasteiger partial charge on any atom is -0.465 e. The van der Waals surface area contributed by atoms with E-state index in [0.717, 1.165) is 0 Å². The summed E-state index contributed by atoms with van der Waals surface area (Å²) in [6.07, 6.45) is 2.35. The molecule has 0 saturated carbocycles. The Balaban J connectivity index is 4.08. The van der Waals surface area contributed by atoms with Gasteiger partial charge >= 0.3 is 5.97 Å². The van der Waals surface area contributed by atoms with Crippen LogP contribution in [-0.2, 0) is 9.53 Å². The fourth-order valence-corrected chi connectivity index (χ4v) is 0.914. The second-order valence-corrected chi connectivity index (χ2v) is 2.76. The van der Waals surface area contributed by atoms with Crippen LogP contribution in [0, 0.1) is 0 Å². The molecule has 70 valence electrons. The first kappa shape index (κ1) is 11.2. The summed E-state index contributed by atoms with van der Waals surface area (Å²) in [7, 11) is 3.70. The van der Waals surface area contributed by atoms with Crippen LogP contribution in [0.4, 0.5) is 0 Å². The Morgan fingerprint density at radius 2 is 2.25 bits per heavy atom. The first-order valence-electron chi connectivity index (χ1n) is 4.07. The summed E-state index contributed by atoms with van der Waals surface area (Å²) in [6.45, 7) is 5.83. The number of carbonyl (C=O) groups is 1. The van der Waals surface area contributed by atoms with E-state index in [2.05, 4.69) is 6.58 Å². The normalized spacial score (nSPS) is 12.7. The second-order valence-electron chi connectivity index (χ2n) is 2.76. The summed E-state index contributed by atoms with van der Waals surface area (Å²) in [5.41, 5.74) is 0. The van der Waals surface area contributed by atoms with Crippen LogP contribution in [0.3, 0.4) is 0 Å². The highest BCUT2D eigenvalue weighted by Crippen LogP contribution is 2.02. The van der Waals surface area contributed by atoms with Crippen LogP contribution in [0.25, 0.3) is 0 Å². The van der Waals surface area contributed by atoms with Gasteiger partial charge in [-0.3, -0.25) is 9.69 Å². The molecule has 0 fully saturated rings. The summed E-state index contributed by atoms with van der Waals surface area (Å²) in [5, 5.41) is 0. The molecule has 0 saturated heterocycles. The molecule has 1 unspecified atom stereocenters. The summed E-state index contributed by atoms with van der Waals surface area (Å²) in [5.74, 6) is -0.178. The third-order valence-electron chi connectivity index (χ3n) is 1.57. The van der Waals surface area contributed by atoms with Crippen molar-refractivity contribution in [2.45, 2.75) is 19.4 Å². The minimum atomic E-state index is -0.192. The Bertz CT molecular complexity index is 155. The van der Waals surface area contributed by atoms with Crippen molar-refractivity contribution >= 4 is 5.97 Å². The third-order valence-corrected chi connectivity index (χ3v) is 1.57. The molecule has 0 spiro atoms. The number of carbonyl (C=O) groups excluding carboxylic acids is 1. The predicted octanol–water partition coefficient (Wildman–Crippen LogP) is 1.06. The highest BCUT2D eigenvalue weighted by molar-refractivity contribution is 5.75. The van der Waals surface area contributed by atoms with Gasteiger partial charge in [0.25, 0.3) is 0 Å². The zero-order valence-electron chi connectivity index (χ0n) is 8.04. The molecule has 0 heterocycles. The Morgan fingerprint density at radius 3 is 2.58 bits per heavy atom. The lowest BCUT2D eigenvalue weighted by atomic mass is 10.2. The quantitative estimate of drug-likeness (QED) is 0.457. The van der Waals surface area contributed by atoms with E-state index in [0.29, 0.717) is 13.0 Å². The summed E-state index contributed by atoms with van der Waals surface area (Å²) in [6, 6.07) is -0.192. The molecule has 0 bridgehead atoms. The van der Waals surface area contributed by atoms with Gasteiger partial charge in [0, 0.05) is 0 Å². The average Bonchev–Trinajstić information content (AvgIpc) is 1.99. The van der Waals surface area contributed by atoms with Crippen LogP contribution in [0.1, 0.15) is 13.3 Å². The number of rotatable bonds is 5. The van der Waals surface area contributed by atoms with Crippen LogP contribution in [0.5, 0.6) is 0 Å². The Labute approximate surface area is 74.0 Å². The predicted molar refractivity (Wildman–Crippen MR) is 48.9 cm³/mol. The van der Waals surface area contributed by atoms with E-state index in [4.69, 9.17) is 4.74 Å². The molecule has 0 amide bonds. The van der Waals surface area contributed by atoms with E-state index in [1.54, 1.807) is 13.0 Å². The maximum absolute atomic E-state index is 11.3. The monoisotopic (exact) mass is 171 g/mol. The van der Waals surface area contributed by atoms with Gasteiger partial charge in [-0.05, 0) is 27.4 Å². The fourth-order valence-electron chi connectivity index (χ4n) is 0.914. The standard InChI is InChI=1S/C9H17NO2/c1-5-7-8(10(3)4)9(11)12-6-2/h5,8H,1,6-7H2,2-4H3. The van der Waals surface area contributed by atoms with Crippen molar-refractivity contribution in [3.8, 4) is 0 Å². The van der Waals surface area contributed by atoms with Gasteiger partial charge < -0.3 is 4.74 Å². The topological polar surface area (TPSA) is 29.5 Å². The van der Waals surface area contributed by atoms with E-state index in [9.17, 15) is 4.79 Å². The summed E-state index contributed by atoms with van der Waals surface area (Å²) >= 11 is 0. The zero-order valence-corrected chi connectivity index (χ0v) is 8.04. The molecule has 3 heteroatoms. The van der Waals surface area contributed by atoms with E-state index < -0.39 is 0 Å². The number of esters is 1. The van der Waals surface area contributed by atoms with Gasteiger partial charge in [-0.2, -0.15) is 0 Å². The minimum absolute atomic E-state index is 0.178. The third kappa shape index (κ3) is 3.53. The maximum atomic E-state index is 11.3. The smallest absolute Gasteiger partial charge is 0.323 e. The van der Waals surface area contributed by atoms with Gasteiger partial charge in [-0.1, -0.05) is 6.08 Å². The zero-order chi connectivity index (χ0) is 9.56. The molecule has 0 rings (SSSR count). The number of likely N-dealkylation sites (N-methyl/N-ethyl adjacent to an activating group) is 1. The summed E-state index contributed by atoms with van der Waals surface area (Å²) < 4.78 is 4.89. The fraction of sp³-hybridized carbons (Fsp3) is 0.667. The van der Waals surface area contributed by atoms with Gasteiger partial charge in [-0.15, -0.1) is 6.58 Å². The second kappa shape index (κ2) is 5.77. The highest BCUT2D eigenvalue weighted by atomic mass is 16.5. The van der Waals surface area contributed by atoms with Gasteiger partial charge in [-0.25, -0.2) is 0 Å². The van der Waals surface area contributed by atoms with Crippen molar-refractivity contribution in [2.24, 2.45) is 0 Å². The van der Waals surface area contributed by atoms with Crippen molar-refractivity contribution < 1.29 is 9.53 Å². The molecule has 0 N–H and O–H groups in total. The molecule has 12 heavy (non-hydrogen) atoms. The number of nitrogens with zero attached hydrogens (tertiary/aromatic N) is 1. The molecule has 0 aliphatic rings. The van der Waals surface area contributed by atoms with E-state index >= 15 is 0 Å². The number of hydrogen-bond acceptors (Lipinski definition) is 3. The van der Waals surface area contributed by atoms with Crippen molar-refractivity contribution in [2.75, 3.05) is 20.7 Å². The molecule has 0 aliphatic carbocycles. The average molecular weight is 171 g/mol. The molecule has 0 radical (unpaired) electrons. The van der Waals surface area contributed by atoms with Crippen molar-refractivity contribution in [1.82, 2.24) is 4.90 Å². The molecule has 1 atom stereocenters. The maximum Gasteiger partial charge on any atom is 0.323 e. The lowest BCUT2D eigenvalue weighted by Gasteiger charge is -2.20. The Morgan fingerprint density at radius 1 is 1.67 bits per heavy atom. The Kier molecular flexibility index (Phi) is 5.37. The largest absolute Gasteiger partial charge is 0.465 e. The van der Waals surface area contributed by atoms with Crippen LogP contribution in [-0.4, -0.2) is 37.6 Å². The molecule has 0 aliphatic heterocycles. The Hall–Kier alpha value is -0.830. The van der Waals surface area contributed by atoms with Crippen molar-refractivity contribution in [1.29, 1.82) is 0 Å². The van der Waals surface area contributed by atoms with Crippen molar-refractivity contribution in [3.05, 3.63) is 12.7 Å². The molecule has 0 aromatic heterocycles. The van der Waals surface area contributed by atoms with Crippen molar-refractivity contribution in [3.63, 3.8) is 0 Å². The van der Waals surface area contributed by atoms with Crippen LogP contribution in [0.15, 0.2) is 12.7 Å². The molecule has 3 nitrogen and oxygen atoms in total. The molecular formula is C9H17NO2. The van der Waals surface area contributed by atoms with E-state index in [-0.39, 0.29) is 12.0 Å². The lowest BCUT2D eigenvalue weighted by molar-refractivity contribution is -0.148. The SMILES string of the molecule is C=CCC(C(=O)OCC)N(C)C. The molecule has 0 aromatic carbocycles. The summed E-state index contributed by atoms with van der Waals surface area (Å²) in [4.78, 5) is 13.1. The van der Waals surface area contributed by atoms with Crippen LogP contribution in [0.2, 0.25) is 0 Å². The van der Waals surface area contributed by atoms with E-state index in [1.165, 1.54) is 0 Å². The van der Waals surface area contributed by atoms with Crippen LogP contribution < -0.4 is 0 Å². The molecular weight excluding hydrogens is 154 g/mol. The number of ether oxygens (including phenoxy) is 1.